The van der Waals surface area contributed by atoms with E-state index in [2.05, 4.69) is 5.32 Å². The first-order chi connectivity index (χ1) is 9.65. The molecule has 21 heavy (non-hydrogen) atoms. The van der Waals surface area contributed by atoms with Gasteiger partial charge in [0.25, 0.3) is 11.6 Å². The van der Waals surface area contributed by atoms with Crippen molar-refractivity contribution in [2.24, 2.45) is 0 Å². The van der Waals surface area contributed by atoms with E-state index in [0.717, 1.165) is 0 Å². The van der Waals surface area contributed by atoms with Crippen LogP contribution in [0.2, 0.25) is 0 Å². The Kier molecular flexibility index (Phi) is 5.02. The van der Waals surface area contributed by atoms with Crippen molar-refractivity contribution in [1.29, 1.82) is 0 Å². The number of nitro benzene ring substituents is 1. The van der Waals surface area contributed by atoms with Crippen LogP contribution in [-0.4, -0.2) is 27.9 Å². The molecule has 1 atom stereocenters. The lowest BCUT2D eigenvalue weighted by Crippen LogP contribution is -2.35. The molecular weight excluding hydrogens is 276 g/mol. The zero-order valence-corrected chi connectivity index (χ0v) is 12.4. The first-order valence-electron chi connectivity index (χ1n) is 6.43. The number of nitro groups is 1. The third kappa shape index (κ3) is 3.77. The number of carboxylic acids is 1. The van der Waals surface area contributed by atoms with Crippen LogP contribution < -0.4 is 5.32 Å². The van der Waals surface area contributed by atoms with E-state index in [1.54, 1.807) is 26.8 Å². The first kappa shape index (κ1) is 16.6. The van der Waals surface area contributed by atoms with Gasteiger partial charge in [-0.2, -0.15) is 0 Å². The van der Waals surface area contributed by atoms with Crippen molar-refractivity contribution < 1.29 is 19.6 Å². The molecule has 0 saturated carbocycles. The van der Waals surface area contributed by atoms with E-state index in [1.165, 1.54) is 6.92 Å². The summed E-state index contributed by atoms with van der Waals surface area (Å²) in [5, 5.41) is 22.3. The molecule has 1 unspecified atom stereocenters. The minimum atomic E-state index is -1.02. The van der Waals surface area contributed by atoms with Gasteiger partial charge >= 0.3 is 5.97 Å². The number of aryl methyl sites for hydroxylation is 2. The molecule has 0 radical (unpaired) electrons. The van der Waals surface area contributed by atoms with Crippen molar-refractivity contribution in [3.63, 3.8) is 0 Å². The predicted molar refractivity (Wildman–Crippen MR) is 76.5 cm³/mol. The van der Waals surface area contributed by atoms with E-state index in [4.69, 9.17) is 5.11 Å². The Morgan fingerprint density at radius 3 is 2.38 bits per heavy atom. The number of rotatable bonds is 5. The molecule has 1 amide bonds. The number of carbonyl (C=O) groups is 2. The lowest BCUT2D eigenvalue weighted by atomic mass is 9.96. The average molecular weight is 294 g/mol. The summed E-state index contributed by atoms with van der Waals surface area (Å²) in [6.07, 6.45) is -0.211. The Morgan fingerprint density at radius 2 is 1.90 bits per heavy atom. The number of carbonyl (C=O) groups excluding carboxylic acids is 1. The largest absolute Gasteiger partial charge is 0.481 e. The number of amides is 1. The lowest BCUT2D eigenvalue weighted by Gasteiger charge is -2.15. The minimum Gasteiger partial charge on any atom is -0.481 e. The summed E-state index contributed by atoms with van der Waals surface area (Å²) in [6.45, 7) is 6.40. The highest BCUT2D eigenvalue weighted by atomic mass is 16.6. The summed E-state index contributed by atoms with van der Waals surface area (Å²) < 4.78 is 0. The SMILES string of the molecule is Cc1cc(C)c([N+](=O)[O-])c(C)c1C(=O)NC(C)CC(=O)O. The topological polar surface area (TPSA) is 110 Å². The maximum absolute atomic E-state index is 12.2. The standard InChI is InChI=1S/C14H18N2O5/c1-7-5-8(2)13(16(20)21)10(4)12(7)14(19)15-9(3)6-11(17)18/h5,9H,6H2,1-4H3,(H,15,19)(H,17,18). The van der Waals surface area contributed by atoms with Crippen molar-refractivity contribution in [2.45, 2.75) is 40.2 Å². The first-order valence-corrected chi connectivity index (χ1v) is 6.43. The number of aliphatic carboxylic acids is 1. The van der Waals surface area contributed by atoms with Crippen molar-refractivity contribution >= 4 is 17.6 Å². The highest BCUT2D eigenvalue weighted by molar-refractivity contribution is 5.98. The van der Waals surface area contributed by atoms with Crippen molar-refractivity contribution in [3.05, 3.63) is 38.4 Å². The van der Waals surface area contributed by atoms with E-state index in [1.807, 2.05) is 0 Å². The third-order valence-electron chi connectivity index (χ3n) is 3.20. The molecule has 0 spiro atoms. The number of hydrogen-bond acceptors (Lipinski definition) is 4. The summed E-state index contributed by atoms with van der Waals surface area (Å²) in [5.74, 6) is -1.52. The van der Waals surface area contributed by atoms with Crippen LogP contribution in [0, 0.1) is 30.9 Å². The van der Waals surface area contributed by atoms with Gasteiger partial charge in [-0.05, 0) is 39.3 Å². The average Bonchev–Trinajstić information content (AvgIpc) is 2.25. The number of nitrogens with one attached hydrogen (secondary N) is 1. The molecule has 0 fully saturated rings. The van der Waals surface area contributed by atoms with Crippen molar-refractivity contribution in [1.82, 2.24) is 5.32 Å². The zero-order chi connectivity index (χ0) is 16.3. The summed E-state index contributed by atoms with van der Waals surface area (Å²) in [7, 11) is 0. The summed E-state index contributed by atoms with van der Waals surface area (Å²) in [6, 6.07) is 1.02. The van der Waals surface area contributed by atoms with Crippen LogP contribution >= 0.6 is 0 Å². The molecule has 0 aromatic heterocycles. The van der Waals surface area contributed by atoms with Gasteiger partial charge in [0, 0.05) is 17.2 Å². The van der Waals surface area contributed by atoms with Crippen LogP contribution in [0.1, 0.15) is 40.4 Å². The van der Waals surface area contributed by atoms with Crippen LogP contribution in [0.3, 0.4) is 0 Å². The van der Waals surface area contributed by atoms with Crippen molar-refractivity contribution in [3.8, 4) is 0 Å². The predicted octanol–water partition coefficient (Wildman–Crippen LogP) is 2.11. The summed E-state index contributed by atoms with van der Waals surface area (Å²) in [5.41, 5.74) is 1.54. The lowest BCUT2D eigenvalue weighted by molar-refractivity contribution is -0.386. The third-order valence-corrected chi connectivity index (χ3v) is 3.20. The van der Waals surface area contributed by atoms with Gasteiger partial charge in [-0.25, -0.2) is 0 Å². The van der Waals surface area contributed by atoms with Gasteiger partial charge in [-0.3, -0.25) is 19.7 Å². The van der Waals surface area contributed by atoms with Gasteiger partial charge < -0.3 is 10.4 Å². The fraction of sp³-hybridized carbons (Fsp3) is 0.429. The monoisotopic (exact) mass is 294 g/mol. The molecule has 7 heteroatoms. The van der Waals surface area contributed by atoms with E-state index in [0.29, 0.717) is 11.1 Å². The van der Waals surface area contributed by atoms with E-state index in [-0.39, 0.29) is 23.2 Å². The highest BCUT2D eigenvalue weighted by Gasteiger charge is 2.24. The summed E-state index contributed by atoms with van der Waals surface area (Å²) in [4.78, 5) is 33.4. The zero-order valence-electron chi connectivity index (χ0n) is 12.4. The van der Waals surface area contributed by atoms with Crippen LogP contribution in [0.25, 0.3) is 0 Å². The molecule has 1 rings (SSSR count). The fourth-order valence-corrected chi connectivity index (χ4v) is 2.41. The maximum atomic E-state index is 12.2. The van der Waals surface area contributed by atoms with Crippen LogP contribution in [-0.2, 0) is 4.79 Å². The van der Waals surface area contributed by atoms with E-state index >= 15 is 0 Å². The van der Waals surface area contributed by atoms with Crippen LogP contribution in [0.15, 0.2) is 6.07 Å². The van der Waals surface area contributed by atoms with Gasteiger partial charge in [-0.1, -0.05) is 0 Å². The van der Waals surface area contributed by atoms with E-state index < -0.39 is 22.8 Å². The van der Waals surface area contributed by atoms with Crippen LogP contribution in [0.5, 0.6) is 0 Å². The Morgan fingerprint density at radius 1 is 1.33 bits per heavy atom. The molecule has 0 bridgehead atoms. The Hall–Kier alpha value is -2.44. The Bertz CT molecular complexity index is 610. The quantitative estimate of drug-likeness (QED) is 0.638. The van der Waals surface area contributed by atoms with Crippen LogP contribution in [0.4, 0.5) is 5.69 Å². The second kappa shape index (κ2) is 6.34. The molecule has 0 saturated heterocycles. The smallest absolute Gasteiger partial charge is 0.305 e. The van der Waals surface area contributed by atoms with Gasteiger partial charge in [0.15, 0.2) is 0 Å². The number of hydrogen-bond donors (Lipinski definition) is 2. The number of nitrogens with zero attached hydrogens (tertiary/aromatic N) is 1. The highest BCUT2D eigenvalue weighted by Crippen LogP contribution is 2.28. The van der Waals surface area contributed by atoms with Gasteiger partial charge in [-0.15, -0.1) is 0 Å². The molecule has 1 aromatic carbocycles. The second-order valence-electron chi connectivity index (χ2n) is 5.09. The molecule has 2 N–H and O–H groups in total. The molecule has 0 heterocycles. The Balaban J connectivity index is 3.18. The minimum absolute atomic E-state index is 0.0864. The van der Waals surface area contributed by atoms with Gasteiger partial charge in [0.1, 0.15) is 0 Å². The van der Waals surface area contributed by atoms with E-state index in [9.17, 15) is 19.7 Å². The summed E-state index contributed by atoms with van der Waals surface area (Å²) >= 11 is 0. The molecule has 0 aliphatic heterocycles. The van der Waals surface area contributed by atoms with Gasteiger partial charge in [0.05, 0.1) is 16.9 Å². The number of carboxylic acid groups (broad SMARTS) is 1. The normalized spacial score (nSPS) is 11.8. The van der Waals surface area contributed by atoms with Gasteiger partial charge in [0.2, 0.25) is 0 Å². The molecule has 0 aliphatic carbocycles. The number of benzene rings is 1. The molecule has 0 aliphatic rings. The molecule has 1 aromatic rings. The fourth-order valence-electron chi connectivity index (χ4n) is 2.41. The Labute approximate surface area is 122 Å². The molecule has 7 nitrogen and oxygen atoms in total. The second-order valence-corrected chi connectivity index (χ2v) is 5.09. The molecule has 114 valence electrons. The molecular formula is C14H18N2O5. The maximum Gasteiger partial charge on any atom is 0.305 e. The van der Waals surface area contributed by atoms with Crippen molar-refractivity contribution in [2.75, 3.05) is 0 Å².